The van der Waals surface area contributed by atoms with Crippen molar-refractivity contribution in [3.8, 4) is 22.8 Å². The Labute approximate surface area is 225 Å². The molecule has 200 valence electrons. The van der Waals surface area contributed by atoms with Gasteiger partial charge in [0.1, 0.15) is 40.3 Å². The van der Waals surface area contributed by atoms with E-state index in [1.165, 1.54) is 24.3 Å². The summed E-state index contributed by atoms with van der Waals surface area (Å²) in [5, 5.41) is 10.5. The summed E-state index contributed by atoms with van der Waals surface area (Å²) in [5.41, 5.74) is 0.134. The van der Waals surface area contributed by atoms with E-state index in [4.69, 9.17) is 21.3 Å². The van der Waals surface area contributed by atoms with E-state index in [9.17, 15) is 14.7 Å². The number of amides is 2. The fourth-order valence-electron chi connectivity index (χ4n) is 6.10. The van der Waals surface area contributed by atoms with Crippen LogP contribution in [0.2, 0.25) is 5.02 Å². The van der Waals surface area contributed by atoms with Gasteiger partial charge in [-0.25, -0.2) is 9.37 Å². The average molecular weight is 542 g/mol. The van der Waals surface area contributed by atoms with Crippen molar-refractivity contribution in [2.75, 3.05) is 57.3 Å². The van der Waals surface area contributed by atoms with Crippen molar-refractivity contribution in [3.63, 3.8) is 0 Å². The van der Waals surface area contributed by atoms with Crippen LogP contribution in [0.25, 0.3) is 11.3 Å². The number of rotatable bonds is 3. The number of phenols is 1. The lowest BCUT2D eigenvalue weighted by Crippen LogP contribution is -2.57. The molecule has 0 saturated carbocycles. The Balaban J connectivity index is 1.48. The van der Waals surface area contributed by atoms with Crippen LogP contribution in [0.1, 0.15) is 23.2 Å². The maximum atomic E-state index is 15.0. The number of aromatic nitrogens is 1. The molecule has 1 aromatic carbocycles. The molecule has 11 heteroatoms. The second kappa shape index (κ2) is 9.74. The molecule has 6 rings (SSSR count). The summed E-state index contributed by atoms with van der Waals surface area (Å²) in [5.74, 6) is -0.960. The van der Waals surface area contributed by atoms with Gasteiger partial charge in [-0.3, -0.25) is 14.5 Å². The highest BCUT2D eigenvalue weighted by Gasteiger charge is 2.42. The molecule has 9 nitrogen and oxygen atoms in total. The maximum absolute atomic E-state index is 15.0. The third-order valence-electron chi connectivity index (χ3n) is 8.05. The minimum absolute atomic E-state index is 0.0287. The Kier molecular flexibility index (Phi) is 6.39. The highest BCUT2D eigenvalue weighted by molar-refractivity contribution is 6.35. The number of halogens is 2. The molecule has 2 atom stereocenters. The molecule has 1 aromatic heterocycles. The van der Waals surface area contributed by atoms with Gasteiger partial charge >= 0.3 is 0 Å². The van der Waals surface area contributed by atoms with Crippen molar-refractivity contribution in [2.24, 2.45) is 0 Å². The van der Waals surface area contributed by atoms with E-state index in [0.29, 0.717) is 44.6 Å². The van der Waals surface area contributed by atoms with E-state index in [1.807, 2.05) is 0 Å². The highest BCUT2D eigenvalue weighted by Crippen LogP contribution is 2.46. The largest absolute Gasteiger partial charge is 0.507 e. The van der Waals surface area contributed by atoms with Gasteiger partial charge in [-0.15, -0.1) is 0 Å². The quantitative estimate of drug-likeness (QED) is 0.598. The first-order valence-corrected chi connectivity index (χ1v) is 13.3. The lowest BCUT2D eigenvalue weighted by atomic mass is 10.0. The third-order valence-corrected chi connectivity index (χ3v) is 8.41. The number of ether oxygens (including phenoxy) is 1. The molecular formula is C27H29ClFN5O4. The monoisotopic (exact) mass is 541 g/mol. The van der Waals surface area contributed by atoms with E-state index in [0.717, 1.165) is 25.9 Å². The topological polar surface area (TPSA) is 89.5 Å². The first kappa shape index (κ1) is 24.9. The van der Waals surface area contributed by atoms with E-state index in [1.54, 1.807) is 9.80 Å². The number of hydrogen-bond acceptors (Lipinski definition) is 7. The fraction of sp³-hybridized carbons (Fsp3) is 0.444. The summed E-state index contributed by atoms with van der Waals surface area (Å²) >= 11 is 6.80. The highest BCUT2D eigenvalue weighted by atomic mass is 35.5. The molecule has 3 fully saturated rings. The molecular weight excluding hydrogens is 513 g/mol. The smallest absolute Gasteiger partial charge is 0.261 e. The lowest BCUT2D eigenvalue weighted by molar-refractivity contribution is -0.128. The minimum Gasteiger partial charge on any atom is -0.507 e. The fourth-order valence-corrected chi connectivity index (χ4v) is 6.39. The van der Waals surface area contributed by atoms with Crippen LogP contribution in [0.15, 0.2) is 30.9 Å². The van der Waals surface area contributed by atoms with Crippen LogP contribution in [0.3, 0.4) is 0 Å². The Morgan fingerprint density at radius 3 is 2.79 bits per heavy atom. The van der Waals surface area contributed by atoms with Gasteiger partial charge in [-0.05, 0) is 37.6 Å². The molecule has 4 aliphatic rings. The van der Waals surface area contributed by atoms with Gasteiger partial charge < -0.3 is 24.5 Å². The van der Waals surface area contributed by atoms with Crippen molar-refractivity contribution in [1.29, 1.82) is 0 Å². The molecule has 0 bridgehead atoms. The van der Waals surface area contributed by atoms with Crippen molar-refractivity contribution >= 4 is 29.2 Å². The first-order chi connectivity index (χ1) is 18.4. The molecule has 5 heterocycles. The van der Waals surface area contributed by atoms with E-state index >= 15 is 4.39 Å². The average Bonchev–Trinajstić information content (AvgIpc) is 3.34. The van der Waals surface area contributed by atoms with Crippen molar-refractivity contribution in [2.45, 2.75) is 24.9 Å². The number of carbonyl (C=O) groups excluding carboxylic acids is 2. The van der Waals surface area contributed by atoms with E-state index in [2.05, 4.69) is 16.4 Å². The van der Waals surface area contributed by atoms with Gasteiger partial charge in [0.25, 0.3) is 5.91 Å². The zero-order chi connectivity index (χ0) is 26.6. The van der Waals surface area contributed by atoms with E-state index < -0.39 is 11.9 Å². The number of piperazine rings is 2. The van der Waals surface area contributed by atoms with E-state index in [-0.39, 0.29) is 51.8 Å². The standard InChI is InChI=1S/C27H29ClFN5O4/c1-2-20(36)32-11-12-34-17(14-32)15-38-25-22(27(34)37)26(33-10-9-31-8-4-5-16(31)13-33)30-24(23(25)28)21-18(29)6-3-7-19(21)35/h2-3,6-7,16-17,35H,1,4-5,8-15H2/t16?,17-/m1/s1. The number of fused-ring (bicyclic) bond motifs is 3. The molecule has 2 amide bonds. The van der Waals surface area contributed by atoms with Crippen LogP contribution in [0.4, 0.5) is 10.2 Å². The zero-order valence-electron chi connectivity index (χ0n) is 20.9. The van der Waals surface area contributed by atoms with Gasteiger partial charge in [0.15, 0.2) is 5.75 Å². The van der Waals surface area contributed by atoms with Crippen molar-refractivity contribution < 1.29 is 23.8 Å². The summed E-state index contributed by atoms with van der Waals surface area (Å²) in [4.78, 5) is 39.0. The van der Waals surface area contributed by atoms with Gasteiger partial charge in [-0.2, -0.15) is 0 Å². The maximum Gasteiger partial charge on any atom is 0.261 e. The molecule has 1 unspecified atom stereocenters. The Morgan fingerprint density at radius 2 is 2.00 bits per heavy atom. The van der Waals surface area contributed by atoms with Crippen LogP contribution in [0, 0.1) is 5.82 Å². The lowest BCUT2D eigenvalue weighted by Gasteiger charge is -2.40. The number of aromatic hydroxyl groups is 1. The molecule has 0 radical (unpaired) electrons. The Bertz CT molecular complexity index is 1300. The predicted molar refractivity (Wildman–Crippen MR) is 140 cm³/mol. The third kappa shape index (κ3) is 4.06. The normalized spacial score (nSPS) is 23.3. The number of pyridine rings is 1. The Morgan fingerprint density at radius 1 is 1.16 bits per heavy atom. The molecule has 1 N–H and O–H groups in total. The van der Waals surface area contributed by atoms with Crippen molar-refractivity contribution in [1.82, 2.24) is 19.7 Å². The first-order valence-electron chi connectivity index (χ1n) is 12.9. The number of benzene rings is 1. The van der Waals surface area contributed by atoms with Crippen molar-refractivity contribution in [3.05, 3.63) is 47.3 Å². The van der Waals surface area contributed by atoms with Crippen LogP contribution in [-0.4, -0.2) is 101 Å². The van der Waals surface area contributed by atoms with Gasteiger partial charge in [0.05, 0.1) is 11.6 Å². The zero-order valence-corrected chi connectivity index (χ0v) is 21.7. The number of anilines is 1. The molecule has 4 aliphatic heterocycles. The molecule has 0 spiro atoms. The number of nitrogens with zero attached hydrogens (tertiary/aromatic N) is 5. The predicted octanol–water partition coefficient (Wildman–Crippen LogP) is 2.76. The second-order valence-electron chi connectivity index (χ2n) is 10.2. The van der Waals surface area contributed by atoms with Crippen LogP contribution < -0.4 is 9.64 Å². The van der Waals surface area contributed by atoms with Gasteiger partial charge in [-0.1, -0.05) is 24.2 Å². The number of phenolic OH excluding ortho intramolecular Hbond substituents is 1. The molecule has 0 aliphatic carbocycles. The summed E-state index contributed by atoms with van der Waals surface area (Å²) in [6.07, 6.45) is 3.44. The molecule has 2 aromatic rings. The summed E-state index contributed by atoms with van der Waals surface area (Å²) in [6.45, 7) is 7.85. The molecule has 38 heavy (non-hydrogen) atoms. The second-order valence-corrected chi connectivity index (χ2v) is 10.5. The van der Waals surface area contributed by atoms with Gasteiger partial charge in [0, 0.05) is 45.3 Å². The summed E-state index contributed by atoms with van der Waals surface area (Å²) in [6, 6.07) is 3.95. The minimum atomic E-state index is -0.679. The van der Waals surface area contributed by atoms with Crippen LogP contribution in [-0.2, 0) is 4.79 Å². The Hall–Kier alpha value is -3.37. The SMILES string of the molecule is C=CC(=O)N1CCN2C(=O)c3c(N4CCN5CCCC5C4)nc(-c4c(O)cccc4F)c(Cl)c3OC[C@H]2C1. The summed E-state index contributed by atoms with van der Waals surface area (Å²) < 4.78 is 21.2. The number of carbonyl (C=O) groups is 2. The number of hydrogen-bond donors (Lipinski definition) is 1. The summed E-state index contributed by atoms with van der Waals surface area (Å²) in [7, 11) is 0. The van der Waals surface area contributed by atoms with Crippen LogP contribution >= 0.6 is 11.6 Å². The molecule has 3 saturated heterocycles. The van der Waals surface area contributed by atoms with Gasteiger partial charge in [0.2, 0.25) is 5.91 Å². The van der Waals surface area contributed by atoms with Crippen LogP contribution in [0.5, 0.6) is 11.5 Å².